The Bertz CT molecular complexity index is 748. The maximum atomic E-state index is 12.1. The third-order valence-corrected chi connectivity index (χ3v) is 4.29. The zero-order valence-electron chi connectivity index (χ0n) is 16.5. The molecule has 0 fully saturated rings. The van der Waals surface area contributed by atoms with Gasteiger partial charge in [0.15, 0.2) is 0 Å². The van der Waals surface area contributed by atoms with Gasteiger partial charge < -0.3 is 20.7 Å². The molecular formula is C21H28ClN3O3. The fourth-order valence-corrected chi connectivity index (χ4v) is 2.42. The number of nitrogens with one attached hydrogen (secondary N) is 3. The van der Waals surface area contributed by atoms with Gasteiger partial charge in [0, 0.05) is 24.7 Å². The van der Waals surface area contributed by atoms with Gasteiger partial charge in [0.2, 0.25) is 5.91 Å². The summed E-state index contributed by atoms with van der Waals surface area (Å²) >= 11 is 0. The molecule has 0 heterocycles. The minimum absolute atomic E-state index is 0. The van der Waals surface area contributed by atoms with Crippen molar-refractivity contribution in [2.24, 2.45) is 0 Å². The summed E-state index contributed by atoms with van der Waals surface area (Å²) in [6.07, 6.45) is 0.314. The number of likely N-dealkylation sites (N-methyl/N-ethyl adjacent to an activating group) is 1. The Morgan fingerprint density at radius 2 is 1.57 bits per heavy atom. The van der Waals surface area contributed by atoms with Crippen LogP contribution in [-0.2, 0) is 17.8 Å². The second kappa shape index (κ2) is 12.0. The number of amides is 2. The topological polar surface area (TPSA) is 79.5 Å². The fraction of sp³-hybridized carbons (Fsp3) is 0.333. The summed E-state index contributed by atoms with van der Waals surface area (Å²) in [5, 5.41) is 8.84. The summed E-state index contributed by atoms with van der Waals surface area (Å²) in [6, 6.07) is 14.9. The van der Waals surface area contributed by atoms with Crippen LogP contribution in [0.4, 0.5) is 0 Å². The molecule has 0 saturated carbocycles. The lowest BCUT2D eigenvalue weighted by Crippen LogP contribution is -2.37. The highest BCUT2D eigenvalue weighted by Gasteiger charge is 2.08. The Kier molecular flexibility index (Phi) is 10.1. The van der Waals surface area contributed by atoms with Crippen molar-refractivity contribution < 1.29 is 14.3 Å². The first-order valence-electron chi connectivity index (χ1n) is 8.96. The quantitative estimate of drug-likeness (QED) is 0.598. The number of benzene rings is 2. The van der Waals surface area contributed by atoms with Crippen LogP contribution in [0.25, 0.3) is 0 Å². The second-order valence-corrected chi connectivity index (χ2v) is 6.40. The van der Waals surface area contributed by atoms with Crippen LogP contribution < -0.4 is 20.7 Å². The molecule has 7 heteroatoms. The van der Waals surface area contributed by atoms with Crippen molar-refractivity contribution in [2.75, 3.05) is 20.7 Å². The summed E-state index contributed by atoms with van der Waals surface area (Å²) in [6.45, 7) is 2.99. The van der Waals surface area contributed by atoms with E-state index in [1.54, 1.807) is 19.2 Å². The number of hydrogen-bond donors (Lipinski definition) is 3. The van der Waals surface area contributed by atoms with Gasteiger partial charge in [0.25, 0.3) is 5.91 Å². The highest BCUT2D eigenvalue weighted by Crippen LogP contribution is 2.11. The SMILES string of the molecule is CNC(C)CNC(=O)c1ccc(CNC(=O)Cc2ccc(OC)cc2)cc1.Cl. The zero-order valence-corrected chi connectivity index (χ0v) is 17.3. The molecule has 2 aromatic carbocycles. The molecule has 0 saturated heterocycles. The number of carbonyl (C=O) groups excluding carboxylic acids is 2. The van der Waals surface area contributed by atoms with Crippen molar-refractivity contribution in [3.05, 3.63) is 65.2 Å². The van der Waals surface area contributed by atoms with Gasteiger partial charge in [-0.2, -0.15) is 0 Å². The van der Waals surface area contributed by atoms with E-state index in [0.29, 0.717) is 25.1 Å². The minimum atomic E-state index is -0.104. The molecule has 1 unspecified atom stereocenters. The molecule has 0 aromatic heterocycles. The summed E-state index contributed by atoms with van der Waals surface area (Å²) in [5.41, 5.74) is 2.47. The lowest BCUT2D eigenvalue weighted by molar-refractivity contribution is -0.120. The van der Waals surface area contributed by atoms with Gasteiger partial charge in [-0.1, -0.05) is 24.3 Å². The van der Waals surface area contributed by atoms with Crippen LogP contribution in [0, 0.1) is 0 Å². The summed E-state index contributed by atoms with van der Waals surface area (Å²) < 4.78 is 5.11. The van der Waals surface area contributed by atoms with E-state index in [-0.39, 0.29) is 30.3 Å². The lowest BCUT2D eigenvalue weighted by Gasteiger charge is -2.11. The van der Waals surface area contributed by atoms with Crippen LogP contribution in [0.15, 0.2) is 48.5 Å². The van der Waals surface area contributed by atoms with E-state index < -0.39 is 0 Å². The Morgan fingerprint density at radius 3 is 2.14 bits per heavy atom. The molecular weight excluding hydrogens is 378 g/mol. The maximum Gasteiger partial charge on any atom is 0.251 e. The third kappa shape index (κ3) is 7.58. The van der Waals surface area contributed by atoms with Crippen LogP contribution in [-0.4, -0.2) is 38.6 Å². The van der Waals surface area contributed by atoms with Gasteiger partial charge in [0.1, 0.15) is 5.75 Å². The molecule has 0 spiro atoms. The highest BCUT2D eigenvalue weighted by molar-refractivity contribution is 5.94. The first kappa shape index (κ1) is 23.5. The second-order valence-electron chi connectivity index (χ2n) is 6.40. The fourth-order valence-electron chi connectivity index (χ4n) is 2.42. The monoisotopic (exact) mass is 405 g/mol. The van der Waals surface area contributed by atoms with Gasteiger partial charge >= 0.3 is 0 Å². The van der Waals surface area contributed by atoms with Gasteiger partial charge in [-0.05, 0) is 49.4 Å². The maximum absolute atomic E-state index is 12.1. The van der Waals surface area contributed by atoms with Gasteiger partial charge in [0.05, 0.1) is 13.5 Å². The molecule has 3 N–H and O–H groups in total. The van der Waals surface area contributed by atoms with E-state index in [9.17, 15) is 9.59 Å². The van der Waals surface area contributed by atoms with Crippen molar-refractivity contribution in [1.82, 2.24) is 16.0 Å². The van der Waals surface area contributed by atoms with Crippen LogP contribution in [0.5, 0.6) is 5.75 Å². The highest BCUT2D eigenvalue weighted by atomic mass is 35.5. The standard InChI is InChI=1S/C21H27N3O3.ClH/c1-15(22-2)13-24-21(26)18-8-4-17(5-9-18)14-23-20(25)12-16-6-10-19(27-3)11-7-16;/h4-11,15,22H,12-14H2,1-3H3,(H,23,25)(H,24,26);1H. The van der Waals surface area contributed by atoms with E-state index >= 15 is 0 Å². The van der Waals surface area contributed by atoms with Crippen LogP contribution in [0.2, 0.25) is 0 Å². The lowest BCUT2D eigenvalue weighted by atomic mass is 10.1. The first-order valence-corrected chi connectivity index (χ1v) is 8.96. The molecule has 0 bridgehead atoms. The van der Waals surface area contributed by atoms with Gasteiger partial charge in [-0.25, -0.2) is 0 Å². The largest absolute Gasteiger partial charge is 0.497 e. The summed E-state index contributed by atoms with van der Waals surface area (Å²) in [5.74, 6) is 0.610. The van der Waals surface area contributed by atoms with E-state index in [1.807, 2.05) is 50.4 Å². The average molecular weight is 406 g/mol. The van der Waals surface area contributed by atoms with E-state index in [0.717, 1.165) is 16.9 Å². The predicted molar refractivity (Wildman–Crippen MR) is 113 cm³/mol. The molecule has 2 rings (SSSR count). The Morgan fingerprint density at radius 1 is 0.964 bits per heavy atom. The molecule has 28 heavy (non-hydrogen) atoms. The van der Waals surface area contributed by atoms with Gasteiger partial charge in [-0.3, -0.25) is 9.59 Å². The number of halogens is 1. The van der Waals surface area contributed by atoms with Crippen molar-refractivity contribution in [3.63, 3.8) is 0 Å². The number of rotatable bonds is 9. The number of ether oxygens (including phenoxy) is 1. The Balaban J connectivity index is 0.00000392. The number of hydrogen-bond acceptors (Lipinski definition) is 4. The molecule has 1 atom stereocenters. The summed E-state index contributed by atoms with van der Waals surface area (Å²) in [7, 11) is 3.47. The smallest absolute Gasteiger partial charge is 0.251 e. The predicted octanol–water partition coefficient (Wildman–Crippen LogP) is 2.31. The minimum Gasteiger partial charge on any atom is -0.497 e. The Labute approximate surface area is 172 Å². The first-order chi connectivity index (χ1) is 13.0. The third-order valence-electron chi connectivity index (χ3n) is 4.29. The molecule has 0 radical (unpaired) electrons. The van der Waals surface area contributed by atoms with Crippen molar-refractivity contribution in [3.8, 4) is 5.75 Å². The van der Waals surface area contributed by atoms with Crippen molar-refractivity contribution in [2.45, 2.75) is 25.9 Å². The van der Waals surface area contributed by atoms with E-state index in [1.165, 1.54) is 0 Å². The molecule has 152 valence electrons. The zero-order chi connectivity index (χ0) is 19.6. The molecule has 0 aliphatic rings. The normalized spacial score (nSPS) is 11.1. The van der Waals surface area contributed by atoms with E-state index in [4.69, 9.17) is 4.74 Å². The molecule has 6 nitrogen and oxygen atoms in total. The molecule has 2 aromatic rings. The van der Waals surface area contributed by atoms with Gasteiger partial charge in [-0.15, -0.1) is 12.4 Å². The van der Waals surface area contributed by atoms with E-state index in [2.05, 4.69) is 16.0 Å². The van der Waals surface area contributed by atoms with Crippen LogP contribution in [0.3, 0.4) is 0 Å². The number of methoxy groups -OCH3 is 1. The summed E-state index contributed by atoms with van der Waals surface area (Å²) in [4.78, 5) is 24.2. The Hall–Kier alpha value is -2.57. The van der Waals surface area contributed by atoms with Crippen molar-refractivity contribution in [1.29, 1.82) is 0 Å². The number of carbonyl (C=O) groups is 2. The van der Waals surface area contributed by atoms with Crippen molar-refractivity contribution >= 4 is 24.2 Å². The molecule has 0 aliphatic carbocycles. The molecule has 0 aliphatic heterocycles. The average Bonchev–Trinajstić information content (AvgIpc) is 2.71. The molecule has 2 amide bonds. The van der Waals surface area contributed by atoms with Crippen LogP contribution >= 0.6 is 12.4 Å². The van der Waals surface area contributed by atoms with Crippen LogP contribution in [0.1, 0.15) is 28.4 Å².